The summed E-state index contributed by atoms with van der Waals surface area (Å²) in [7, 11) is 3.56. The zero-order valence-corrected chi connectivity index (χ0v) is 14.1. The number of methoxy groups -OCH3 is 1. The van der Waals surface area contributed by atoms with Crippen molar-refractivity contribution in [2.45, 2.75) is 12.6 Å². The van der Waals surface area contributed by atoms with Crippen LogP contribution in [-0.2, 0) is 6.54 Å². The Balaban J connectivity index is 2.19. The lowest BCUT2D eigenvalue weighted by atomic mass is 10.1. The Morgan fingerprint density at radius 3 is 2.18 bits per heavy atom. The van der Waals surface area contributed by atoms with Gasteiger partial charge in [0.15, 0.2) is 0 Å². The minimum absolute atomic E-state index is 0.00486. The maximum absolute atomic E-state index is 9.75. The molecule has 1 atom stereocenters. The normalized spacial score (nSPS) is 12.5. The predicted molar refractivity (Wildman–Crippen MR) is 90.7 cm³/mol. The highest BCUT2D eigenvalue weighted by atomic mass is 35.5. The van der Waals surface area contributed by atoms with Gasteiger partial charge in [0, 0.05) is 22.2 Å². The molecule has 0 radical (unpaired) electrons. The summed E-state index contributed by atoms with van der Waals surface area (Å²) in [6, 6.07) is 13.0. The number of aliphatic hydroxyl groups is 1. The Bertz CT molecular complexity index is 596. The van der Waals surface area contributed by atoms with E-state index in [1.54, 1.807) is 7.11 Å². The van der Waals surface area contributed by atoms with Crippen LogP contribution in [0.25, 0.3) is 0 Å². The topological polar surface area (TPSA) is 32.7 Å². The van der Waals surface area contributed by atoms with Crippen molar-refractivity contribution in [1.82, 2.24) is 4.90 Å². The predicted octanol–water partition coefficient (Wildman–Crippen LogP) is 4.17. The third kappa shape index (κ3) is 3.93. The highest BCUT2D eigenvalue weighted by molar-refractivity contribution is 6.35. The molecule has 0 aliphatic heterocycles. The van der Waals surface area contributed by atoms with Gasteiger partial charge in [0.2, 0.25) is 0 Å². The fourth-order valence-corrected chi connectivity index (χ4v) is 2.89. The van der Waals surface area contributed by atoms with Gasteiger partial charge >= 0.3 is 0 Å². The first-order valence-electron chi connectivity index (χ1n) is 6.94. The van der Waals surface area contributed by atoms with Gasteiger partial charge in [-0.15, -0.1) is 0 Å². The second-order valence-electron chi connectivity index (χ2n) is 5.09. The molecule has 1 N–H and O–H groups in total. The van der Waals surface area contributed by atoms with Crippen LogP contribution in [0.15, 0.2) is 42.5 Å². The Labute approximate surface area is 141 Å². The minimum atomic E-state index is -0.141. The van der Waals surface area contributed by atoms with Gasteiger partial charge in [-0.3, -0.25) is 4.90 Å². The number of rotatable bonds is 6. The van der Waals surface area contributed by atoms with E-state index in [0.717, 1.165) is 16.9 Å². The van der Waals surface area contributed by atoms with Gasteiger partial charge in [-0.05, 0) is 36.9 Å². The lowest BCUT2D eigenvalue weighted by molar-refractivity contribution is 0.142. The lowest BCUT2D eigenvalue weighted by Gasteiger charge is -2.27. The smallest absolute Gasteiger partial charge is 0.118 e. The van der Waals surface area contributed by atoms with Gasteiger partial charge in [0.1, 0.15) is 5.75 Å². The summed E-state index contributed by atoms with van der Waals surface area (Å²) >= 11 is 12.4. The first-order chi connectivity index (χ1) is 10.6. The molecule has 0 aromatic heterocycles. The molecule has 0 amide bonds. The molecule has 2 aromatic carbocycles. The monoisotopic (exact) mass is 339 g/mol. The molecule has 5 heteroatoms. The second-order valence-corrected chi connectivity index (χ2v) is 5.90. The van der Waals surface area contributed by atoms with Crippen molar-refractivity contribution in [3.63, 3.8) is 0 Å². The van der Waals surface area contributed by atoms with Crippen LogP contribution in [0.4, 0.5) is 0 Å². The standard InChI is InChI=1S/C17H19Cl2NO2/c1-20(10-14-15(18)4-3-5-16(14)19)17(11-21)12-6-8-13(22-2)9-7-12/h3-9,17,21H,10-11H2,1-2H3. The summed E-state index contributed by atoms with van der Waals surface area (Å²) in [4.78, 5) is 2.02. The molecular weight excluding hydrogens is 321 g/mol. The van der Waals surface area contributed by atoms with Crippen LogP contribution in [0.2, 0.25) is 10.0 Å². The summed E-state index contributed by atoms with van der Waals surface area (Å²) in [5, 5.41) is 11.0. The highest BCUT2D eigenvalue weighted by Gasteiger charge is 2.18. The summed E-state index contributed by atoms with van der Waals surface area (Å²) < 4.78 is 5.16. The SMILES string of the molecule is COc1ccc(C(CO)N(C)Cc2c(Cl)cccc2Cl)cc1. The van der Waals surface area contributed by atoms with Crippen LogP contribution in [0.1, 0.15) is 17.2 Å². The number of likely N-dealkylation sites (N-methyl/N-ethyl adjacent to an activating group) is 1. The number of aliphatic hydroxyl groups excluding tert-OH is 1. The van der Waals surface area contributed by atoms with Crippen LogP contribution >= 0.6 is 23.2 Å². The molecular formula is C17H19Cl2NO2. The zero-order valence-electron chi connectivity index (χ0n) is 12.6. The first-order valence-corrected chi connectivity index (χ1v) is 7.70. The first kappa shape index (κ1) is 17.1. The average molecular weight is 340 g/mol. The third-order valence-corrected chi connectivity index (χ3v) is 4.38. The van der Waals surface area contributed by atoms with Crippen molar-refractivity contribution in [2.24, 2.45) is 0 Å². The van der Waals surface area contributed by atoms with E-state index in [9.17, 15) is 5.11 Å². The average Bonchev–Trinajstić information content (AvgIpc) is 2.52. The molecule has 0 bridgehead atoms. The molecule has 22 heavy (non-hydrogen) atoms. The molecule has 1 unspecified atom stereocenters. The Morgan fingerprint density at radius 2 is 1.68 bits per heavy atom. The molecule has 2 aromatic rings. The van der Waals surface area contributed by atoms with Crippen LogP contribution in [0.5, 0.6) is 5.75 Å². The molecule has 0 saturated carbocycles. The molecule has 0 heterocycles. The number of benzene rings is 2. The van der Waals surface area contributed by atoms with Crippen molar-refractivity contribution in [2.75, 3.05) is 20.8 Å². The minimum Gasteiger partial charge on any atom is -0.497 e. The molecule has 0 fully saturated rings. The maximum Gasteiger partial charge on any atom is 0.118 e. The van der Waals surface area contributed by atoms with E-state index in [2.05, 4.69) is 0 Å². The zero-order chi connectivity index (χ0) is 16.1. The van der Waals surface area contributed by atoms with E-state index in [0.29, 0.717) is 16.6 Å². The fourth-order valence-electron chi connectivity index (χ4n) is 2.37. The van der Waals surface area contributed by atoms with Crippen LogP contribution < -0.4 is 4.74 Å². The Kier molecular flexibility index (Phi) is 6.09. The van der Waals surface area contributed by atoms with Crippen LogP contribution in [-0.4, -0.2) is 30.8 Å². The van der Waals surface area contributed by atoms with Gasteiger partial charge in [0.25, 0.3) is 0 Å². The van der Waals surface area contributed by atoms with Gasteiger partial charge in [-0.25, -0.2) is 0 Å². The Hall–Kier alpha value is -1.26. The second kappa shape index (κ2) is 7.84. The summed E-state index contributed by atoms with van der Waals surface area (Å²) in [6.45, 7) is 0.556. The summed E-state index contributed by atoms with van der Waals surface area (Å²) in [5.41, 5.74) is 1.87. The molecule has 2 rings (SSSR count). The van der Waals surface area contributed by atoms with Crippen LogP contribution in [0.3, 0.4) is 0 Å². The molecule has 0 spiro atoms. The van der Waals surface area contributed by atoms with Gasteiger partial charge in [-0.1, -0.05) is 41.4 Å². The molecule has 0 aliphatic carbocycles. The van der Waals surface area contributed by atoms with E-state index < -0.39 is 0 Å². The molecule has 3 nitrogen and oxygen atoms in total. The van der Waals surface area contributed by atoms with Gasteiger partial charge < -0.3 is 9.84 Å². The van der Waals surface area contributed by atoms with Crippen molar-refractivity contribution in [1.29, 1.82) is 0 Å². The number of nitrogens with zero attached hydrogens (tertiary/aromatic N) is 1. The van der Waals surface area contributed by atoms with Crippen molar-refractivity contribution >= 4 is 23.2 Å². The van der Waals surface area contributed by atoms with Gasteiger partial charge in [-0.2, -0.15) is 0 Å². The molecule has 0 aliphatic rings. The summed E-state index contributed by atoms with van der Waals surface area (Å²) in [6.07, 6.45) is 0. The number of hydrogen-bond donors (Lipinski definition) is 1. The Morgan fingerprint density at radius 1 is 1.09 bits per heavy atom. The fraction of sp³-hybridized carbons (Fsp3) is 0.294. The maximum atomic E-state index is 9.75. The van der Waals surface area contributed by atoms with E-state index >= 15 is 0 Å². The highest BCUT2D eigenvalue weighted by Crippen LogP contribution is 2.29. The summed E-state index contributed by atoms with van der Waals surface area (Å²) in [5.74, 6) is 0.789. The van der Waals surface area contributed by atoms with E-state index in [1.165, 1.54) is 0 Å². The number of halogens is 2. The quantitative estimate of drug-likeness (QED) is 0.857. The van der Waals surface area contributed by atoms with Crippen molar-refractivity contribution in [3.8, 4) is 5.75 Å². The molecule has 0 saturated heterocycles. The molecule has 118 valence electrons. The van der Waals surface area contributed by atoms with Crippen molar-refractivity contribution < 1.29 is 9.84 Å². The number of hydrogen-bond acceptors (Lipinski definition) is 3. The number of ether oxygens (including phenoxy) is 1. The van der Waals surface area contributed by atoms with E-state index in [1.807, 2.05) is 54.4 Å². The van der Waals surface area contributed by atoms with E-state index in [4.69, 9.17) is 27.9 Å². The largest absolute Gasteiger partial charge is 0.497 e. The van der Waals surface area contributed by atoms with Crippen LogP contribution in [0, 0.1) is 0 Å². The van der Waals surface area contributed by atoms with Gasteiger partial charge in [0.05, 0.1) is 19.8 Å². The third-order valence-electron chi connectivity index (χ3n) is 3.67. The van der Waals surface area contributed by atoms with E-state index in [-0.39, 0.29) is 12.6 Å². The van der Waals surface area contributed by atoms with Crippen molar-refractivity contribution in [3.05, 3.63) is 63.6 Å². The lowest BCUT2D eigenvalue weighted by Crippen LogP contribution is -2.27.